The molecule has 0 radical (unpaired) electrons. The fraction of sp³-hybridized carbons (Fsp3) is 0.929. The molecule has 2 saturated heterocycles. The third-order valence-electron chi connectivity index (χ3n) is 4.39. The van der Waals surface area contributed by atoms with Crippen LogP contribution in [0.1, 0.15) is 19.8 Å². The Hall–Kier alpha value is -0.690. The Morgan fingerprint density at radius 1 is 1.40 bits per heavy atom. The van der Waals surface area contributed by atoms with Gasteiger partial charge in [0.1, 0.15) is 0 Å². The average Bonchev–Trinajstić information content (AvgIpc) is 2.47. The van der Waals surface area contributed by atoms with E-state index in [1.165, 1.54) is 0 Å². The number of aliphatic hydroxyl groups is 1. The van der Waals surface area contributed by atoms with Gasteiger partial charge in [-0.1, -0.05) is 0 Å². The number of rotatable bonds is 4. The van der Waals surface area contributed by atoms with E-state index in [1.54, 1.807) is 11.9 Å². The summed E-state index contributed by atoms with van der Waals surface area (Å²) in [7, 11) is 1.79. The van der Waals surface area contributed by atoms with Crippen LogP contribution in [0, 0.1) is 0 Å². The Morgan fingerprint density at radius 3 is 2.60 bits per heavy atom. The molecule has 20 heavy (non-hydrogen) atoms. The highest BCUT2D eigenvalue weighted by Gasteiger charge is 2.34. The average molecular weight is 285 g/mol. The second-order valence-corrected chi connectivity index (χ2v) is 5.99. The highest BCUT2D eigenvalue weighted by Crippen LogP contribution is 2.21. The second-order valence-electron chi connectivity index (χ2n) is 5.99. The van der Waals surface area contributed by atoms with E-state index in [4.69, 9.17) is 4.74 Å². The maximum atomic E-state index is 12.5. The third kappa shape index (κ3) is 3.91. The quantitative estimate of drug-likeness (QED) is 0.714. The molecule has 0 spiro atoms. The SMILES string of the molecule is CC(C(=O)N(C)CC1(O)CCOCC1)N1CCNCC1. The fourth-order valence-electron chi connectivity index (χ4n) is 2.97. The molecule has 6 nitrogen and oxygen atoms in total. The van der Waals surface area contributed by atoms with Gasteiger partial charge in [0.25, 0.3) is 0 Å². The number of amides is 1. The Morgan fingerprint density at radius 2 is 2.00 bits per heavy atom. The summed E-state index contributed by atoms with van der Waals surface area (Å²) in [6.45, 7) is 7.17. The smallest absolute Gasteiger partial charge is 0.239 e. The van der Waals surface area contributed by atoms with Crippen LogP contribution in [0.3, 0.4) is 0 Å². The summed E-state index contributed by atoms with van der Waals surface area (Å²) in [5, 5.41) is 13.8. The molecule has 2 aliphatic heterocycles. The summed E-state index contributed by atoms with van der Waals surface area (Å²) in [6, 6.07) is -0.120. The second kappa shape index (κ2) is 6.85. The van der Waals surface area contributed by atoms with E-state index in [-0.39, 0.29) is 11.9 Å². The van der Waals surface area contributed by atoms with Crippen molar-refractivity contribution >= 4 is 5.91 Å². The Bertz CT molecular complexity index is 326. The molecule has 2 heterocycles. The highest BCUT2D eigenvalue weighted by molar-refractivity contribution is 5.81. The lowest BCUT2D eigenvalue weighted by molar-refractivity contribution is -0.141. The van der Waals surface area contributed by atoms with Gasteiger partial charge in [-0.05, 0) is 6.92 Å². The number of hydrogen-bond donors (Lipinski definition) is 2. The van der Waals surface area contributed by atoms with E-state index < -0.39 is 5.60 Å². The Kier molecular flexibility index (Phi) is 5.37. The summed E-state index contributed by atoms with van der Waals surface area (Å²) in [4.78, 5) is 16.4. The van der Waals surface area contributed by atoms with Gasteiger partial charge in [-0.2, -0.15) is 0 Å². The van der Waals surface area contributed by atoms with Crippen LogP contribution >= 0.6 is 0 Å². The molecule has 2 fully saturated rings. The maximum absolute atomic E-state index is 12.5. The van der Waals surface area contributed by atoms with Crippen molar-refractivity contribution in [3.05, 3.63) is 0 Å². The molecule has 116 valence electrons. The van der Waals surface area contributed by atoms with Gasteiger partial charge < -0.3 is 20.1 Å². The van der Waals surface area contributed by atoms with Gasteiger partial charge in [0.15, 0.2) is 0 Å². The number of nitrogens with zero attached hydrogens (tertiary/aromatic N) is 2. The lowest BCUT2D eigenvalue weighted by Crippen LogP contribution is -2.55. The number of nitrogens with one attached hydrogen (secondary N) is 1. The van der Waals surface area contributed by atoms with Gasteiger partial charge in [-0.3, -0.25) is 9.69 Å². The largest absolute Gasteiger partial charge is 0.388 e. The normalized spacial score (nSPS) is 25.1. The predicted octanol–water partition coefficient (Wildman–Crippen LogP) is -0.720. The number of likely N-dealkylation sites (N-methyl/N-ethyl adjacent to an activating group) is 1. The fourth-order valence-corrected chi connectivity index (χ4v) is 2.97. The molecule has 2 aliphatic rings. The first-order chi connectivity index (χ1) is 9.52. The third-order valence-corrected chi connectivity index (χ3v) is 4.39. The number of piperazine rings is 1. The zero-order valence-corrected chi connectivity index (χ0v) is 12.6. The van der Waals surface area contributed by atoms with E-state index >= 15 is 0 Å². The summed E-state index contributed by atoms with van der Waals surface area (Å²) in [5.41, 5.74) is -0.786. The van der Waals surface area contributed by atoms with Crippen LogP contribution in [-0.2, 0) is 9.53 Å². The van der Waals surface area contributed by atoms with Gasteiger partial charge in [-0.15, -0.1) is 0 Å². The first-order valence-electron chi connectivity index (χ1n) is 7.52. The zero-order chi connectivity index (χ0) is 14.6. The van der Waals surface area contributed by atoms with Crippen LogP contribution in [-0.4, -0.2) is 85.4 Å². The Labute approximate surface area is 121 Å². The minimum atomic E-state index is -0.786. The monoisotopic (exact) mass is 285 g/mol. The number of carbonyl (C=O) groups excluding carboxylic acids is 1. The summed E-state index contributed by atoms with van der Waals surface area (Å²) >= 11 is 0. The van der Waals surface area contributed by atoms with Gasteiger partial charge in [0.2, 0.25) is 5.91 Å². The van der Waals surface area contributed by atoms with Gasteiger partial charge in [-0.25, -0.2) is 0 Å². The predicted molar refractivity (Wildman–Crippen MR) is 76.5 cm³/mol. The van der Waals surface area contributed by atoms with E-state index in [9.17, 15) is 9.90 Å². The zero-order valence-electron chi connectivity index (χ0n) is 12.6. The molecule has 2 rings (SSSR count). The van der Waals surface area contributed by atoms with Crippen molar-refractivity contribution in [2.75, 3.05) is 53.0 Å². The van der Waals surface area contributed by atoms with Gasteiger partial charge in [0.05, 0.1) is 11.6 Å². The van der Waals surface area contributed by atoms with Crippen LogP contribution in [0.2, 0.25) is 0 Å². The molecular weight excluding hydrogens is 258 g/mol. The van der Waals surface area contributed by atoms with Crippen molar-refractivity contribution in [1.82, 2.24) is 15.1 Å². The number of carbonyl (C=O) groups is 1. The maximum Gasteiger partial charge on any atom is 0.239 e. The molecule has 0 aromatic rings. The topological polar surface area (TPSA) is 65.0 Å². The van der Waals surface area contributed by atoms with Crippen molar-refractivity contribution in [2.24, 2.45) is 0 Å². The molecule has 1 atom stereocenters. The van der Waals surface area contributed by atoms with Crippen LogP contribution in [0.4, 0.5) is 0 Å². The molecule has 1 amide bonds. The highest BCUT2D eigenvalue weighted by atomic mass is 16.5. The minimum Gasteiger partial charge on any atom is -0.388 e. The molecule has 1 unspecified atom stereocenters. The van der Waals surface area contributed by atoms with Crippen molar-refractivity contribution in [1.29, 1.82) is 0 Å². The van der Waals surface area contributed by atoms with Crippen molar-refractivity contribution in [3.63, 3.8) is 0 Å². The lowest BCUT2D eigenvalue weighted by Gasteiger charge is -2.38. The van der Waals surface area contributed by atoms with E-state index in [0.29, 0.717) is 32.6 Å². The number of ether oxygens (including phenoxy) is 1. The van der Waals surface area contributed by atoms with Crippen molar-refractivity contribution < 1.29 is 14.6 Å². The van der Waals surface area contributed by atoms with Crippen LogP contribution in [0.15, 0.2) is 0 Å². The molecule has 0 aliphatic carbocycles. The van der Waals surface area contributed by atoms with Crippen LogP contribution in [0.5, 0.6) is 0 Å². The standard InChI is InChI=1S/C14H27N3O3/c1-12(17-7-5-15-6-8-17)13(18)16(2)11-14(19)3-9-20-10-4-14/h12,15,19H,3-11H2,1-2H3. The van der Waals surface area contributed by atoms with Crippen molar-refractivity contribution in [3.8, 4) is 0 Å². The molecule has 2 N–H and O–H groups in total. The number of hydrogen-bond acceptors (Lipinski definition) is 5. The van der Waals surface area contributed by atoms with Gasteiger partial charge >= 0.3 is 0 Å². The molecule has 0 saturated carbocycles. The Balaban J connectivity index is 1.87. The van der Waals surface area contributed by atoms with Gasteiger partial charge in [0, 0.05) is 65.8 Å². The first-order valence-corrected chi connectivity index (χ1v) is 7.52. The molecule has 0 bridgehead atoms. The minimum absolute atomic E-state index is 0.0896. The lowest BCUT2D eigenvalue weighted by atomic mass is 9.93. The molecule has 0 aromatic heterocycles. The van der Waals surface area contributed by atoms with Crippen LogP contribution in [0.25, 0.3) is 0 Å². The van der Waals surface area contributed by atoms with Crippen LogP contribution < -0.4 is 5.32 Å². The van der Waals surface area contributed by atoms with E-state index in [2.05, 4.69) is 10.2 Å². The van der Waals surface area contributed by atoms with E-state index in [1.807, 2.05) is 6.92 Å². The summed E-state index contributed by atoms with van der Waals surface area (Å²) in [5.74, 6) is 0.0896. The summed E-state index contributed by atoms with van der Waals surface area (Å²) < 4.78 is 5.27. The van der Waals surface area contributed by atoms with Crippen molar-refractivity contribution in [2.45, 2.75) is 31.4 Å². The molecule has 6 heteroatoms. The summed E-state index contributed by atoms with van der Waals surface area (Å²) in [6.07, 6.45) is 1.21. The molecular formula is C14H27N3O3. The van der Waals surface area contributed by atoms with E-state index in [0.717, 1.165) is 26.2 Å². The first kappa shape index (κ1) is 15.7. The molecule has 0 aromatic carbocycles.